The topological polar surface area (TPSA) is 47.2 Å². The quantitative estimate of drug-likeness (QED) is 0.839. The van der Waals surface area contributed by atoms with Gasteiger partial charge in [-0.25, -0.2) is 4.79 Å². The number of piperidine rings is 1. The van der Waals surface area contributed by atoms with Gasteiger partial charge >= 0.3 is 5.69 Å². The molecule has 21 heavy (non-hydrogen) atoms. The predicted octanol–water partition coefficient (Wildman–Crippen LogP) is 1.43. The summed E-state index contributed by atoms with van der Waals surface area (Å²) in [5, 5.41) is 0. The van der Waals surface area contributed by atoms with Crippen LogP contribution < -0.4 is 5.69 Å². The van der Waals surface area contributed by atoms with Gasteiger partial charge in [0.15, 0.2) is 0 Å². The van der Waals surface area contributed by atoms with Crippen molar-refractivity contribution in [3.63, 3.8) is 0 Å². The van der Waals surface area contributed by atoms with Crippen molar-refractivity contribution in [2.24, 2.45) is 14.1 Å². The Morgan fingerprint density at radius 2 is 1.71 bits per heavy atom. The number of likely N-dealkylation sites (tertiary alicyclic amines) is 1. The van der Waals surface area contributed by atoms with Crippen molar-refractivity contribution in [3.05, 3.63) is 34.2 Å². The highest BCUT2D eigenvalue weighted by Crippen LogP contribution is 2.16. The zero-order valence-electron chi connectivity index (χ0n) is 12.6. The van der Waals surface area contributed by atoms with E-state index in [-0.39, 0.29) is 11.6 Å². The molecule has 0 unspecified atom stereocenters. The van der Waals surface area contributed by atoms with Gasteiger partial charge in [0, 0.05) is 27.2 Å². The lowest BCUT2D eigenvalue weighted by molar-refractivity contribution is -0.131. The molecule has 1 saturated heterocycles. The number of hydrogen-bond acceptors (Lipinski definition) is 2. The third-order valence-corrected chi connectivity index (χ3v) is 4.40. The molecule has 0 N–H and O–H groups in total. The molecule has 0 bridgehead atoms. The van der Waals surface area contributed by atoms with Crippen molar-refractivity contribution in [3.8, 4) is 0 Å². The minimum Gasteiger partial charge on any atom is -0.342 e. The molecule has 5 nitrogen and oxygen atoms in total. The fourth-order valence-corrected chi connectivity index (χ4v) is 3.09. The summed E-state index contributed by atoms with van der Waals surface area (Å²) < 4.78 is 3.26. The van der Waals surface area contributed by atoms with Gasteiger partial charge < -0.3 is 4.90 Å². The highest BCUT2D eigenvalue weighted by molar-refractivity contribution is 5.82. The lowest BCUT2D eigenvalue weighted by Crippen LogP contribution is -2.36. The monoisotopic (exact) mass is 287 g/mol. The van der Waals surface area contributed by atoms with Crippen LogP contribution in [-0.4, -0.2) is 33.0 Å². The number of hydrogen-bond donors (Lipinski definition) is 0. The predicted molar refractivity (Wildman–Crippen MR) is 82.3 cm³/mol. The van der Waals surface area contributed by atoms with Crippen molar-refractivity contribution in [2.75, 3.05) is 13.1 Å². The van der Waals surface area contributed by atoms with Gasteiger partial charge in [0.25, 0.3) is 0 Å². The molecule has 0 spiro atoms. The van der Waals surface area contributed by atoms with Crippen molar-refractivity contribution < 1.29 is 4.79 Å². The molecule has 1 aliphatic heterocycles. The molecule has 0 saturated carbocycles. The second-order valence-corrected chi connectivity index (χ2v) is 5.84. The van der Waals surface area contributed by atoms with Gasteiger partial charge in [-0.1, -0.05) is 6.07 Å². The third kappa shape index (κ3) is 2.48. The van der Waals surface area contributed by atoms with Crippen molar-refractivity contribution >= 4 is 16.9 Å². The smallest absolute Gasteiger partial charge is 0.328 e. The Kier molecular flexibility index (Phi) is 3.57. The van der Waals surface area contributed by atoms with Gasteiger partial charge in [-0.3, -0.25) is 13.9 Å². The second kappa shape index (κ2) is 5.39. The molecule has 0 aliphatic carbocycles. The number of imidazole rings is 1. The van der Waals surface area contributed by atoms with E-state index in [1.807, 2.05) is 23.1 Å². The molecule has 0 radical (unpaired) electrons. The number of fused-ring (bicyclic) bond motifs is 1. The van der Waals surface area contributed by atoms with Crippen LogP contribution in [-0.2, 0) is 25.3 Å². The van der Waals surface area contributed by atoms with Gasteiger partial charge in [-0.2, -0.15) is 0 Å². The number of amides is 1. The van der Waals surface area contributed by atoms with Crippen LogP contribution in [0.4, 0.5) is 0 Å². The lowest BCUT2D eigenvalue weighted by Gasteiger charge is -2.26. The van der Waals surface area contributed by atoms with Gasteiger partial charge in [-0.05, 0) is 37.0 Å². The summed E-state index contributed by atoms with van der Waals surface area (Å²) in [4.78, 5) is 26.2. The molecule has 1 aromatic carbocycles. The standard InChI is InChI=1S/C16H21N3O2/c1-17-13-7-6-12(10-14(13)18(2)16(17)21)11-15(20)19-8-4-3-5-9-19/h6-7,10H,3-5,8-9,11H2,1-2H3. The molecule has 5 heteroatoms. The number of carbonyl (C=O) groups excluding carboxylic acids is 1. The summed E-state index contributed by atoms with van der Waals surface area (Å²) in [6.07, 6.45) is 3.86. The number of rotatable bonds is 2. The van der Waals surface area contributed by atoms with E-state index in [1.165, 1.54) is 6.42 Å². The highest BCUT2D eigenvalue weighted by Gasteiger charge is 2.17. The molecule has 1 amide bonds. The number of aromatic nitrogens is 2. The van der Waals surface area contributed by atoms with Gasteiger partial charge in [-0.15, -0.1) is 0 Å². The molecular weight excluding hydrogens is 266 g/mol. The van der Waals surface area contributed by atoms with Crippen LogP contribution in [0.25, 0.3) is 11.0 Å². The fourth-order valence-electron chi connectivity index (χ4n) is 3.09. The Hall–Kier alpha value is -2.04. The minimum absolute atomic E-state index is 0.0375. The van der Waals surface area contributed by atoms with Crippen LogP contribution >= 0.6 is 0 Å². The first-order valence-corrected chi connectivity index (χ1v) is 7.50. The van der Waals surface area contributed by atoms with E-state index in [2.05, 4.69) is 0 Å². The number of carbonyl (C=O) groups is 1. The van der Waals surface area contributed by atoms with Crippen LogP contribution in [0.1, 0.15) is 24.8 Å². The maximum Gasteiger partial charge on any atom is 0.328 e. The molecule has 0 atom stereocenters. The van der Waals surface area contributed by atoms with Crippen molar-refractivity contribution in [1.29, 1.82) is 0 Å². The largest absolute Gasteiger partial charge is 0.342 e. The molecule has 1 aliphatic rings. The first-order valence-electron chi connectivity index (χ1n) is 7.50. The van der Waals surface area contributed by atoms with Crippen LogP contribution in [0, 0.1) is 0 Å². The molecule has 3 rings (SSSR count). The number of aryl methyl sites for hydroxylation is 2. The highest BCUT2D eigenvalue weighted by atomic mass is 16.2. The summed E-state index contributed by atoms with van der Waals surface area (Å²) in [5.74, 6) is 0.190. The zero-order chi connectivity index (χ0) is 15.0. The van der Waals surface area contributed by atoms with E-state index in [0.717, 1.165) is 42.5 Å². The molecule has 1 aromatic heterocycles. The van der Waals surface area contributed by atoms with E-state index in [0.29, 0.717) is 6.42 Å². The SMILES string of the molecule is Cn1c(=O)n(C)c2cc(CC(=O)N3CCCCC3)ccc21. The first-order chi connectivity index (χ1) is 10.1. The van der Waals surface area contributed by atoms with Crippen LogP contribution in [0.2, 0.25) is 0 Å². The normalized spacial score (nSPS) is 15.6. The van der Waals surface area contributed by atoms with Crippen molar-refractivity contribution in [1.82, 2.24) is 14.0 Å². The Labute approximate surface area is 123 Å². The van der Waals surface area contributed by atoms with E-state index >= 15 is 0 Å². The minimum atomic E-state index is -0.0375. The maximum absolute atomic E-state index is 12.3. The van der Waals surface area contributed by atoms with Gasteiger partial charge in [0.1, 0.15) is 0 Å². The third-order valence-electron chi connectivity index (χ3n) is 4.40. The molecule has 112 valence electrons. The summed E-state index contributed by atoms with van der Waals surface area (Å²) in [6, 6.07) is 5.83. The van der Waals surface area contributed by atoms with E-state index in [9.17, 15) is 9.59 Å². The molecule has 1 fully saturated rings. The summed E-state index contributed by atoms with van der Waals surface area (Å²) >= 11 is 0. The summed E-state index contributed by atoms with van der Waals surface area (Å²) in [7, 11) is 3.53. The maximum atomic E-state index is 12.3. The van der Waals surface area contributed by atoms with Gasteiger partial charge in [0.05, 0.1) is 17.5 Å². The summed E-state index contributed by atoms with van der Waals surface area (Å²) in [5.41, 5.74) is 2.71. The second-order valence-electron chi connectivity index (χ2n) is 5.84. The Balaban J connectivity index is 1.86. The average Bonchev–Trinajstić information content (AvgIpc) is 2.73. The van der Waals surface area contributed by atoms with Gasteiger partial charge in [0.2, 0.25) is 5.91 Å². The first kappa shape index (κ1) is 13.9. The van der Waals surface area contributed by atoms with E-state index in [1.54, 1.807) is 23.2 Å². The lowest BCUT2D eigenvalue weighted by atomic mass is 10.1. The summed E-state index contributed by atoms with van der Waals surface area (Å²) in [6.45, 7) is 1.76. The Bertz CT molecular complexity index is 736. The average molecular weight is 287 g/mol. The molecule has 2 heterocycles. The molecular formula is C16H21N3O2. The van der Waals surface area contributed by atoms with E-state index in [4.69, 9.17) is 0 Å². The zero-order valence-corrected chi connectivity index (χ0v) is 12.6. The number of nitrogens with zero attached hydrogens (tertiary/aromatic N) is 3. The van der Waals surface area contributed by atoms with Crippen LogP contribution in [0.3, 0.4) is 0 Å². The Morgan fingerprint density at radius 1 is 1.05 bits per heavy atom. The fraction of sp³-hybridized carbons (Fsp3) is 0.500. The van der Waals surface area contributed by atoms with Crippen molar-refractivity contribution in [2.45, 2.75) is 25.7 Å². The van der Waals surface area contributed by atoms with Crippen LogP contribution in [0.5, 0.6) is 0 Å². The van der Waals surface area contributed by atoms with Crippen LogP contribution in [0.15, 0.2) is 23.0 Å². The molecule has 2 aromatic rings. The Morgan fingerprint density at radius 3 is 2.43 bits per heavy atom. The number of benzene rings is 1. The van der Waals surface area contributed by atoms with E-state index < -0.39 is 0 Å².